The first kappa shape index (κ1) is 17.8. The second-order valence-electron chi connectivity index (χ2n) is 7.19. The van der Waals surface area contributed by atoms with Crippen LogP contribution in [0.2, 0.25) is 0 Å². The molecule has 7 heteroatoms. The number of rotatable bonds is 3. The predicted molar refractivity (Wildman–Crippen MR) is 104 cm³/mol. The van der Waals surface area contributed by atoms with Gasteiger partial charge in [-0.05, 0) is 17.5 Å². The zero-order chi connectivity index (χ0) is 17.9. The van der Waals surface area contributed by atoms with Crippen molar-refractivity contribution in [1.82, 2.24) is 15.2 Å². The second-order valence-corrected chi connectivity index (χ2v) is 8.12. The van der Waals surface area contributed by atoms with Crippen LogP contribution in [-0.4, -0.2) is 49.1 Å². The molecule has 0 saturated carbocycles. The van der Waals surface area contributed by atoms with Gasteiger partial charge in [0.1, 0.15) is 5.76 Å². The van der Waals surface area contributed by atoms with Crippen molar-refractivity contribution in [3.63, 3.8) is 0 Å². The maximum absolute atomic E-state index is 5.84. The van der Waals surface area contributed by atoms with E-state index in [0.29, 0.717) is 12.4 Å². The van der Waals surface area contributed by atoms with E-state index in [1.807, 2.05) is 13.2 Å². The molecule has 0 aliphatic carbocycles. The van der Waals surface area contributed by atoms with Crippen LogP contribution < -0.4 is 10.2 Å². The van der Waals surface area contributed by atoms with Crippen molar-refractivity contribution in [2.24, 2.45) is 4.99 Å². The molecule has 0 spiro atoms. The van der Waals surface area contributed by atoms with E-state index in [0.717, 1.165) is 37.9 Å². The molecule has 1 saturated heterocycles. The van der Waals surface area contributed by atoms with Crippen molar-refractivity contribution in [1.29, 1.82) is 0 Å². The van der Waals surface area contributed by atoms with Gasteiger partial charge in [-0.2, -0.15) is 0 Å². The van der Waals surface area contributed by atoms with Crippen molar-refractivity contribution < 1.29 is 4.42 Å². The summed E-state index contributed by atoms with van der Waals surface area (Å²) in [6, 6.07) is 4.29. The number of anilines is 1. The zero-order valence-electron chi connectivity index (χ0n) is 15.5. The summed E-state index contributed by atoms with van der Waals surface area (Å²) in [6.07, 6.45) is 1.82. The first-order chi connectivity index (χ1) is 12.0. The molecule has 2 aromatic heterocycles. The number of piperazine rings is 1. The molecule has 1 fully saturated rings. The number of nitrogens with zero attached hydrogens (tertiary/aromatic N) is 4. The Morgan fingerprint density at radius 2 is 2.08 bits per heavy atom. The van der Waals surface area contributed by atoms with E-state index in [1.54, 1.807) is 11.3 Å². The Morgan fingerprint density at radius 1 is 1.32 bits per heavy atom. The van der Waals surface area contributed by atoms with Crippen LogP contribution in [0.25, 0.3) is 0 Å². The first-order valence-corrected chi connectivity index (χ1v) is 9.54. The minimum atomic E-state index is -0.0228. The van der Waals surface area contributed by atoms with E-state index in [-0.39, 0.29) is 5.41 Å². The average molecular weight is 362 g/mol. The monoisotopic (exact) mass is 361 g/mol. The molecule has 3 rings (SSSR count). The molecule has 0 atom stereocenters. The summed E-state index contributed by atoms with van der Waals surface area (Å²) < 4.78 is 5.84. The highest BCUT2D eigenvalue weighted by Crippen LogP contribution is 2.23. The van der Waals surface area contributed by atoms with Crippen LogP contribution in [0.5, 0.6) is 0 Å². The lowest BCUT2D eigenvalue weighted by molar-refractivity contribution is 0.360. The molecule has 136 valence electrons. The Kier molecular flexibility index (Phi) is 5.32. The van der Waals surface area contributed by atoms with Gasteiger partial charge < -0.3 is 19.5 Å². The van der Waals surface area contributed by atoms with E-state index in [2.05, 4.69) is 63.4 Å². The Morgan fingerprint density at radius 3 is 2.64 bits per heavy atom. The Bertz CT molecular complexity index is 693. The molecule has 1 aliphatic heterocycles. The van der Waals surface area contributed by atoms with Crippen molar-refractivity contribution in [3.8, 4) is 0 Å². The highest BCUT2D eigenvalue weighted by molar-refractivity contribution is 7.14. The standard InChI is InChI=1S/C18H27N5OS/c1-18(2,3)14-12-20-15(24-14)13-21-17(19-4)23-9-7-22(8-10-23)16-6-5-11-25-16/h5-6,11-12H,7-10,13H2,1-4H3,(H,19,21). The molecule has 3 heterocycles. The van der Waals surface area contributed by atoms with E-state index in [1.165, 1.54) is 5.00 Å². The van der Waals surface area contributed by atoms with Gasteiger partial charge in [0.25, 0.3) is 0 Å². The van der Waals surface area contributed by atoms with Gasteiger partial charge in [0, 0.05) is 38.6 Å². The van der Waals surface area contributed by atoms with E-state index in [9.17, 15) is 0 Å². The molecule has 0 radical (unpaired) electrons. The molecule has 25 heavy (non-hydrogen) atoms. The maximum Gasteiger partial charge on any atom is 0.213 e. The van der Waals surface area contributed by atoms with Crippen molar-refractivity contribution in [2.45, 2.75) is 32.7 Å². The Labute approximate surface area is 153 Å². The normalized spacial score (nSPS) is 16.4. The fraction of sp³-hybridized carbons (Fsp3) is 0.556. The van der Waals surface area contributed by atoms with Gasteiger partial charge in [0.05, 0.1) is 17.7 Å². The minimum absolute atomic E-state index is 0.0228. The highest BCUT2D eigenvalue weighted by Gasteiger charge is 2.22. The number of hydrogen-bond donors (Lipinski definition) is 1. The quantitative estimate of drug-likeness (QED) is 0.673. The second kappa shape index (κ2) is 7.47. The molecule has 6 nitrogen and oxygen atoms in total. The Balaban J connectivity index is 1.53. The molecule has 0 unspecified atom stereocenters. The molecule has 2 aromatic rings. The van der Waals surface area contributed by atoms with Crippen LogP contribution in [0, 0.1) is 0 Å². The van der Waals surface area contributed by atoms with Gasteiger partial charge in [0.15, 0.2) is 5.96 Å². The first-order valence-electron chi connectivity index (χ1n) is 8.66. The number of hydrogen-bond acceptors (Lipinski definition) is 5. The smallest absolute Gasteiger partial charge is 0.213 e. The molecule has 1 N–H and O–H groups in total. The third-order valence-electron chi connectivity index (χ3n) is 4.30. The summed E-state index contributed by atoms with van der Waals surface area (Å²) in [5, 5.41) is 6.85. The minimum Gasteiger partial charge on any atom is -0.443 e. The third-order valence-corrected chi connectivity index (χ3v) is 5.23. The van der Waals surface area contributed by atoms with E-state index >= 15 is 0 Å². The van der Waals surface area contributed by atoms with Gasteiger partial charge in [0.2, 0.25) is 5.89 Å². The van der Waals surface area contributed by atoms with Crippen LogP contribution in [0.1, 0.15) is 32.4 Å². The molecular weight excluding hydrogens is 334 g/mol. The van der Waals surface area contributed by atoms with E-state index < -0.39 is 0 Å². The largest absolute Gasteiger partial charge is 0.443 e. The van der Waals surface area contributed by atoms with Crippen LogP contribution in [-0.2, 0) is 12.0 Å². The summed E-state index contributed by atoms with van der Waals surface area (Å²) in [4.78, 5) is 13.5. The fourth-order valence-corrected chi connectivity index (χ4v) is 3.60. The zero-order valence-corrected chi connectivity index (χ0v) is 16.3. The summed E-state index contributed by atoms with van der Waals surface area (Å²) in [7, 11) is 1.82. The number of aromatic nitrogens is 1. The summed E-state index contributed by atoms with van der Waals surface area (Å²) in [6.45, 7) is 10.8. The third kappa shape index (κ3) is 4.34. The van der Waals surface area contributed by atoms with Crippen LogP contribution in [0.3, 0.4) is 0 Å². The van der Waals surface area contributed by atoms with Crippen LogP contribution in [0.15, 0.2) is 33.1 Å². The average Bonchev–Trinajstić information content (AvgIpc) is 3.27. The van der Waals surface area contributed by atoms with Gasteiger partial charge >= 0.3 is 0 Å². The molecular formula is C18H27N5OS. The van der Waals surface area contributed by atoms with Crippen molar-refractivity contribution in [3.05, 3.63) is 35.4 Å². The van der Waals surface area contributed by atoms with Crippen LogP contribution >= 0.6 is 11.3 Å². The lowest BCUT2D eigenvalue weighted by atomic mass is 9.94. The van der Waals surface area contributed by atoms with Gasteiger partial charge in [-0.25, -0.2) is 4.98 Å². The topological polar surface area (TPSA) is 56.9 Å². The molecule has 0 aromatic carbocycles. The maximum atomic E-state index is 5.84. The lowest BCUT2D eigenvalue weighted by Gasteiger charge is -2.36. The summed E-state index contributed by atoms with van der Waals surface area (Å²) in [5.41, 5.74) is -0.0228. The summed E-state index contributed by atoms with van der Waals surface area (Å²) >= 11 is 1.80. The van der Waals surface area contributed by atoms with Crippen molar-refractivity contribution >= 4 is 22.3 Å². The predicted octanol–water partition coefficient (Wildman–Crippen LogP) is 2.93. The highest BCUT2D eigenvalue weighted by atomic mass is 32.1. The van der Waals surface area contributed by atoms with Gasteiger partial charge in [-0.3, -0.25) is 4.99 Å². The Hall–Kier alpha value is -2.02. The molecule has 0 bridgehead atoms. The number of nitrogens with one attached hydrogen (secondary N) is 1. The fourth-order valence-electron chi connectivity index (χ4n) is 2.81. The number of oxazole rings is 1. The van der Waals surface area contributed by atoms with Gasteiger partial charge in [-0.1, -0.05) is 20.8 Å². The SMILES string of the molecule is CN=C(NCc1ncc(C(C)(C)C)o1)N1CCN(c2cccs2)CC1. The summed E-state index contributed by atoms with van der Waals surface area (Å²) in [5.74, 6) is 2.51. The number of guanidine groups is 1. The van der Waals surface area contributed by atoms with Gasteiger partial charge in [-0.15, -0.1) is 11.3 Å². The molecule has 0 amide bonds. The van der Waals surface area contributed by atoms with Crippen molar-refractivity contribution in [2.75, 3.05) is 38.1 Å². The van der Waals surface area contributed by atoms with E-state index in [4.69, 9.17) is 4.42 Å². The lowest BCUT2D eigenvalue weighted by Crippen LogP contribution is -2.52. The van der Waals surface area contributed by atoms with Crippen LogP contribution in [0.4, 0.5) is 5.00 Å². The molecule has 1 aliphatic rings. The number of thiophene rings is 1. The number of aliphatic imine (C=N–C) groups is 1.